The van der Waals surface area contributed by atoms with Crippen molar-refractivity contribution in [1.29, 1.82) is 0 Å². The van der Waals surface area contributed by atoms with E-state index in [-0.39, 0.29) is 18.1 Å². The molecule has 1 amide bonds. The molecule has 1 aliphatic rings. The molecule has 1 aromatic carbocycles. The number of benzene rings is 1. The van der Waals surface area contributed by atoms with E-state index in [1.807, 2.05) is 53.7 Å². The van der Waals surface area contributed by atoms with Crippen molar-refractivity contribution in [3.63, 3.8) is 0 Å². The van der Waals surface area contributed by atoms with Crippen molar-refractivity contribution in [1.82, 2.24) is 14.8 Å². The van der Waals surface area contributed by atoms with Crippen LogP contribution in [0.1, 0.15) is 47.7 Å². The number of ketones is 1. The predicted octanol–water partition coefficient (Wildman–Crippen LogP) is 3.34. The number of piperazine rings is 1. The van der Waals surface area contributed by atoms with Gasteiger partial charge >= 0.3 is 0 Å². The van der Waals surface area contributed by atoms with Gasteiger partial charge in [-0.15, -0.1) is 0 Å². The summed E-state index contributed by atoms with van der Waals surface area (Å²) in [6, 6.07) is 11.8. The average Bonchev–Trinajstić information content (AvgIpc) is 2.74. The van der Waals surface area contributed by atoms with Gasteiger partial charge in [0.15, 0.2) is 5.78 Å². The minimum Gasteiger partial charge on any atom is -0.340 e. The first-order valence-electron chi connectivity index (χ1n) is 10.2. The normalized spacial score (nSPS) is 14.8. The molecule has 0 unspecified atom stereocenters. The Morgan fingerprint density at radius 2 is 1.57 bits per heavy atom. The van der Waals surface area contributed by atoms with Gasteiger partial charge in [0.25, 0.3) is 0 Å². The van der Waals surface area contributed by atoms with E-state index in [0.717, 1.165) is 45.6 Å². The first-order valence-corrected chi connectivity index (χ1v) is 10.2. The molecule has 28 heavy (non-hydrogen) atoms. The van der Waals surface area contributed by atoms with Crippen LogP contribution in [0.3, 0.4) is 0 Å². The third-order valence-corrected chi connectivity index (χ3v) is 5.26. The van der Waals surface area contributed by atoms with E-state index in [2.05, 4.69) is 16.8 Å². The molecule has 1 saturated heterocycles. The highest BCUT2D eigenvalue weighted by molar-refractivity contribution is 5.98. The van der Waals surface area contributed by atoms with Gasteiger partial charge in [-0.25, -0.2) is 0 Å². The number of aromatic nitrogens is 1. The fourth-order valence-electron chi connectivity index (χ4n) is 3.57. The number of nitrogens with zero attached hydrogens (tertiary/aromatic N) is 3. The van der Waals surface area contributed by atoms with Gasteiger partial charge in [0.05, 0.1) is 0 Å². The number of pyridine rings is 1. The van der Waals surface area contributed by atoms with E-state index < -0.39 is 0 Å². The number of hydrogen-bond acceptors (Lipinski definition) is 4. The standard InChI is InChI=1S/C23H29N3O2/c1-2-3-19-4-6-21(7-5-19)22(27)8-9-23(28)26-16-14-25(15-17-26)18-20-10-12-24-13-11-20/h4-7,10-13H,2-3,8-9,14-18H2,1H3. The van der Waals surface area contributed by atoms with Crippen molar-refractivity contribution in [3.8, 4) is 0 Å². The number of amides is 1. The molecule has 1 fully saturated rings. The minimum atomic E-state index is 0.0488. The molecule has 0 bridgehead atoms. The molecule has 0 N–H and O–H groups in total. The summed E-state index contributed by atoms with van der Waals surface area (Å²) in [6.07, 6.45) is 6.31. The molecule has 0 saturated carbocycles. The lowest BCUT2D eigenvalue weighted by molar-refractivity contribution is -0.132. The quantitative estimate of drug-likeness (QED) is 0.660. The van der Waals surface area contributed by atoms with Gasteiger partial charge in [-0.1, -0.05) is 37.6 Å². The number of rotatable bonds is 8. The maximum Gasteiger partial charge on any atom is 0.223 e. The number of hydrogen-bond donors (Lipinski definition) is 0. The number of aryl methyl sites for hydroxylation is 1. The van der Waals surface area contributed by atoms with Gasteiger partial charge in [0, 0.05) is 63.5 Å². The van der Waals surface area contributed by atoms with Crippen LogP contribution in [0, 0.1) is 0 Å². The molecule has 3 rings (SSSR count). The van der Waals surface area contributed by atoms with E-state index in [4.69, 9.17) is 0 Å². The highest BCUT2D eigenvalue weighted by atomic mass is 16.2. The third kappa shape index (κ3) is 5.73. The number of Topliss-reactive ketones (excluding diaryl/α,β-unsaturated/α-hetero) is 1. The zero-order valence-corrected chi connectivity index (χ0v) is 16.6. The zero-order chi connectivity index (χ0) is 19.8. The van der Waals surface area contributed by atoms with E-state index in [9.17, 15) is 9.59 Å². The van der Waals surface area contributed by atoms with E-state index in [1.165, 1.54) is 11.1 Å². The van der Waals surface area contributed by atoms with Crippen molar-refractivity contribution in [2.75, 3.05) is 26.2 Å². The predicted molar refractivity (Wildman–Crippen MR) is 110 cm³/mol. The lowest BCUT2D eigenvalue weighted by atomic mass is 10.0. The van der Waals surface area contributed by atoms with Gasteiger partial charge in [-0.05, 0) is 29.7 Å². The molecule has 1 aliphatic heterocycles. The lowest BCUT2D eigenvalue weighted by Crippen LogP contribution is -2.48. The minimum absolute atomic E-state index is 0.0488. The maximum absolute atomic E-state index is 12.5. The van der Waals surface area contributed by atoms with Crippen molar-refractivity contribution >= 4 is 11.7 Å². The van der Waals surface area contributed by atoms with Crippen LogP contribution < -0.4 is 0 Å². The second kappa shape index (κ2) is 10.1. The Morgan fingerprint density at radius 3 is 2.21 bits per heavy atom. The highest BCUT2D eigenvalue weighted by Crippen LogP contribution is 2.12. The van der Waals surface area contributed by atoms with Gasteiger partial charge in [-0.2, -0.15) is 0 Å². The molecular formula is C23H29N3O2. The van der Waals surface area contributed by atoms with Gasteiger partial charge < -0.3 is 4.90 Å². The molecule has 2 heterocycles. The molecule has 0 atom stereocenters. The molecule has 1 aromatic heterocycles. The Balaban J connectivity index is 1.41. The summed E-state index contributed by atoms with van der Waals surface area (Å²) in [4.78, 5) is 33.1. The largest absolute Gasteiger partial charge is 0.340 e. The first kappa shape index (κ1) is 20.2. The molecule has 2 aromatic rings. The summed E-state index contributed by atoms with van der Waals surface area (Å²) in [5, 5.41) is 0. The number of carbonyl (C=O) groups excluding carboxylic acids is 2. The van der Waals surface area contributed by atoms with Crippen molar-refractivity contribution in [2.45, 2.75) is 39.2 Å². The molecular weight excluding hydrogens is 350 g/mol. The molecule has 148 valence electrons. The molecule has 5 nitrogen and oxygen atoms in total. The Bertz CT molecular complexity index is 766. The van der Waals surface area contributed by atoms with Crippen LogP contribution in [0.4, 0.5) is 0 Å². The van der Waals surface area contributed by atoms with Crippen LogP contribution in [0.2, 0.25) is 0 Å². The van der Waals surface area contributed by atoms with Crippen LogP contribution in [0.5, 0.6) is 0 Å². The summed E-state index contributed by atoms with van der Waals surface area (Å²) >= 11 is 0. The highest BCUT2D eigenvalue weighted by Gasteiger charge is 2.21. The smallest absolute Gasteiger partial charge is 0.223 e. The van der Waals surface area contributed by atoms with Gasteiger partial charge in [0.2, 0.25) is 5.91 Å². The fourth-order valence-corrected chi connectivity index (χ4v) is 3.57. The van der Waals surface area contributed by atoms with Crippen LogP contribution in [0.25, 0.3) is 0 Å². The summed E-state index contributed by atoms with van der Waals surface area (Å²) in [5.74, 6) is 0.132. The Kier molecular flexibility index (Phi) is 7.31. The maximum atomic E-state index is 12.5. The van der Waals surface area contributed by atoms with Crippen LogP contribution in [-0.2, 0) is 17.8 Å². The first-order chi connectivity index (χ1) is 13.7. The van der Waals surface area contributed by atoms with E-state index >= 15 is 0 Å². The van der Waals surface area contributed by atoms with Crippen molar-refractivity contribution in [2.24, 2.45) is 0 Å². The average molecular weight is 380 g/mol. The van der Waals surface area contributed by atoms with Gasteiger partial charge in [0.1, 0.15) is 0 Å². The number of carbonyl (C=O) groups is 2. The van der Waals surface area contributed by atoms with Crippen LogP contribution >= 0.6 is 0 Å². The van der Waals surface area contributed by atoms with Crippen LogP contribution in [0.15, 0.2) is 48.8 Å². The van der Waals surface area contributed by atoms with E-state index in [0.29, 0.717) is 12.0 Å². The van der Waals surface area contributed by atoms with Crippen molar-refractivity contribution in [3.05, 3.63) is 65.5 Å². The summed E-state index contributed by atoms with van der Waals surface area (Å²) in [5.41, 5.74) is 3.19. The van der Waals surface area contributed by atoms with Crippen LogP contribution in [-0.4, -0.2) is 52.7 Å². The summed E-state index contributed by atoms with van der Waals surface area (Å²) in [7, 11) is 0. The monoisotopic (exact) mass is 379 g/mol. The summed E-state index contributed by atoms with van der Waals surface area (Å²) in [6.45, 7) is 6.20. The SMILES string of the molecule is CCCc1ccc(C(=O)CCC(=O)N2CCN(Cc3ccncc3)CC2)cc1. The van der Waals surface area contributed by atoms with Gasteiger partial charge in [-0.3, -0.25) is 19.5 Å². The van der Waals surface area contributed by atoms with E-state index in [1.54, 1.807) is 0 Å². The summed E-state index contributed by atoms with van der Waals surface area (Å²) < 4.78 is 0. The second-order valence-electron chi connectivity index (χ2n) is 7.38. The second-order valence-corrected chi connectivity index (χ2v) is 7.38. The third-order valence-electron chi connectivity index (χ3n) is 5.26. The molecule has 0 radical (unpaired) electrons. The molecule has 0 aliphatic carbocycles. The Hall–Kier alpha value is -2.53. The topological polar surface area (TPSA) is 53.5 Å². The molecule has 0 spiro atoms. The van der Waals surface area contributed by atoms with Crippen molar-refractivity contribution < 1.29 is 9.59 Å². The Labute approximate surface area is 167 Å². The lowest BCUT2D eigenvalue weighted by Gasteiger charge is -2.34. The molecule has 5 heteroatoms. The fraction of sp³-hybridized carbons (Fsp3) is 0.435. The Morgan fingerprint density at radius 1 is 0.893 bits per heavy atom. The zero-order valence-electron chi connectivity index (χ0n) is 16.6.